The van der Waals surface area contributed by atoms with Crippen molar-refractivity contribution in [2.24, 2.45) is 0 Å². The Hall–Kier alpha value is -1.70. The van der Waals surface area contributed by atoms with Crippen molar-refractivity contribution in [3.8, 4) is 0 Å². The van der Waals surface area contributed by atoms with Crippen LogP contribution in [0.25, 0.3) is 0 Å². The molecule has 112 valence electrons. The molecule has 0 aliphatic heterocycles. The quantitative estimate of drug-likeness (QED) is 0.593. The zero-order valence-corrected chi connectivity index (χ0v) is 12.4. The van der Waals surface area contributed by atoms with Crippen molar-refractivity contribution in [2.75, 3.05) is 23.5 Å². The fourth-order valence-electron chi connectivity index (χ4n) is 1.78. The van der Waals surface area contributed by atoms with E-state index in [2.05, 4.69) is 0 Å². The van der Waals surface area contributed by atoms with Crippen molar-refractivity contribution in [3.63, 3.8) is 0 Å². The number of anilines is 1. The SMILES string of the molecule is CCS(=O)(=O)C[C@@H](C)N(C)c1ccc(F)cc1[N+](=O)[O-]. The molecule has 0 fully saturated rings. The van der Waals surface area contributed by atoms with Crippen molar-refractivity contribution in [1.29, 1.82) is 0 Å². The molecule has 0 saturated heterocycles. The summed E-state index contributed by atoms with van der Waals surface area (Å²) in [6.45, 7) is 3.20. The zero-order chi connectivity index (χ0) is 15.5. The molecule has 0 saturated carbocycles. The minimum atomic E-state index is -3.20. The summed E-state index contributed by atoms with van der Waals surface area (Å²) in [6.07, 6.45) is 0. The van der Waals surface area contributed by atoms with Crippen LogP contribution in [0.2, 0.25) is 0 Å². The van der Waals surface area contributed by atoms with Gasteiger partial charge in [0.05, 0.1) is 16.7 Å². The van der Waals surface area contributed by atoms with Crippen molar-refractivity contribution in [2.45, 2.75) is 19.9 Å². The van der Waals surface area contributed by atoms with Crippen LogP contribution in [-0.4, -0.2) is 37.9 Å². The number of hydrogen-bond acceptors (Lipinski definition) is 5. The van der Waals surface area contributed by atoms with Crippen LogP contribution in [0.4, 0.5) is 15.8 Å². The maximum absolute atomic E-state index is 13.1. The normalized spacial score (nSPS) is 13.0. The van der Waals surface area contributed by atoms with Crippen LogP contribution in [0.1, 0.15) is 13.8 Å². The molecule has 6 nitrogen and oxygen atoms in total. The van der Waals surface area contributed by atoms with Crippen LogP contribution < -0.4 is 4.90 Å². The summed E-state index contributed by atoms with van der Waals surface area (Å²) in [4.78, 5) is 11.7. The maximum atomic E-state index is 13.1. The highest BCUT2D eigenvalue weighted by molar-refractivity contribution is 7.91. The summed E-state index contributed by atoms with van der Waals surface area (Å²) < 4.78 is 36.3. The summed E-state index contributed by atoms with van der Waals surface area (Å²) in [5.74, 6) is -0.812. The van der Waals surface area contributed by atoms with Crippen molar-refractivity contribution in [3.05, 3.63) is 34.1 Å². The average Bonchev–Trinajstić information content (AvgIpc) is 2.37. The number of sulfone groups is 1. The minimum absolute atomic E-state index is 0.0106. The third-order valence-corrected chi connectivity index (χ3v) is 4.98. The van der Waals surface area contributed by atoms with Crippen LogP contribution in [0, 0.1) is 15.9 Å². The van der Waals surface area contributed by atoms with Gasteiger partial charge in [0, 0.05) is 18.8 Å². The van der Waals surface area contributed by atoms with Crippen LogP contribution in [0.5, 0.6) is 0 Å². The van der Waals surface area contributed by atoms with Gasteiger partial charge in [-0.2, -0.15) is 0 Å². The molecule has 0 heterocycles. The number of nitrogens with zero attached hydrogens (tertiary/aromatic N) is 2. The number of hydrogen-bond donors (Lipinski definition) is 0. The Morgan fingerprint density at radius 3 is 2.55 bits per heavy atom. The Morgan fingerprint density at radius 2 is 2.05 bits per heavy atom. The highest BCUT2D eigenvalue weighted by Crippen LogP contribution is 2.29. The van der Waals surface area contributed by atoms with Crippen LogP contribution in [0.15, 0.2) is 18.2 Å². The van der Waals surface area contributed by atoms with E-state index in [4.69, 9.17) is 0 Å². The summed E-state index contributed by atoms with van der Waals surface area (Å²) in [5, 5.41) is 10.9. The molecule has 20 heavy (non-hydrogen) atoms. The number of nitro benzene ring substituents is 1. The van der Waals surface area contributed by atoms with E-state index in [1.54, 1.807) is 20.9 Å². The third kappa shape index (κ3) is 3.89. The van der Waals surface area contributed by atoms with Gasteiger partial charge in [0.2, 0.25) is 0 Å². The Morgan fingerprint density at radius 1 is 1.45 bits per heavy atom. The van der Waals surface area contributed by atoms with E-state index >= 15 is 0 Å². The van der Waals surface area contributed by atoms with Gasteiger partial charge in [-0.1, -0.05) is 6.92 Å². The lowest BCUT2D eigenvalue weighted by atomic mass is 10.2. The topological polar surface area (TPSA) is 80.5 Å². The van der Waals surface area contributed by atoms with E-state index in [0.717, 1.165) is 12.1 Å². The van der Waals surface area contributed by atoms with Gasteiger partial charge in [0.1, 0.15) is 11.5 Å². The molecule has 0 aromatic heterocycles. The molecular weight excluding hydrogens is 287 g/mol. The minimum Gasteiger partial charge on any atom is -0.365 e. The molecule has 0 aliphatic rings. The molecular formula is C12H17FN2O4S. The second kappa shape index (κ2) is 6.17. The Balaban J connectivity index is 3.09. The van der Waals surface area contributed by atoms with Gasteiger partial charge in [0.15, 0.2) is 9.84 Å². The van der Waals surface area contributed by atoms with E-state index in [-0.39, 0.29) is 22.9 Å². The van der Waals surface area contributed by atoms with Crippen LogP contribution in [-0.2, 0) is 9.84 Å². The molecule has 0 N–H and O–H groups in total. The largest absolute Gasteiger partial charge is 0.365 e. The third-order valence-electron chi connectivity index (χ3n) is 3.11. The van der Waals surface area contributed by atoms with Gasteiger partial charge < -0.3 is 4.90 Å². The zero-order valence-electron chi connectivity index (χ0n) is 11.5. The van der Waals surface area contributed by atoms with E-state index in [1.165, 1.54) is 11.0 Å². The summed E-state index contributed by atoms with van der Waals surface area (Å²) in [5.41, 5.74) is -0.191. The lowest BCUT2D eigenvalue weighted by Gasteiger charge is -2.26. The molecule has 0 spiro atoms. The molecule has 0 radical (unpaired) electrons. The predicted octanol–water partition coefficient (Wildman–Crippen LogP) is 1.99. The lowest BCUT2D eigenvalue weighted by Crippen LogP contribution is -2.36. The smallest absolute Gasteiger partial charge is 0.295 e. The molecule has 1 rings (SSSR count). The van der Waals surface area contributed by atoms with Crippen molar-refractivity contribution >= 4 is 21.2 Å². The van der Waals surface area contributed by atoms with Crippen LogP contribution in [0.3, 0.4) is 0 Å². The van der Waals surface area contributed by atoms with Gasteiger partial charge >= 0.3 is 0 Å². The predicted molar refractivity (Wildman–Crippen MR) is 75.2 cm³/mol. The average molecular weight is 304 g/mol. The van der Waals surface area contributed by atoms with Gasteiger partial charge in [-0.3, -0.25) is 10.1 Å². The highest BCUT2D eigenvalue weighted by Gasteiger charge is 2.24. The lowest BCUT2D eigenvalue weighted by molar-refractivity contribution is -0.384. The number of nitro groups is 1. The van der Waals surface area contributed by atoms with Crippen molar-refractivity contribution < 1.29 is 17.7 Å². The van der Waals surface area contributed by atoms with E-state index < -0.39 is 26.6 Å². The van der Waals surface area contributed by atoms with Gasteiger partial charge in [-0.25, -0.2) is 12.8 Å². The Bertz CT molecular complexity index is 603. The number of benzene rings is 1. The van der Waals surface area contributed by atoms with Crippen molar-refractivity contribution in [1.82, 2.24) is 0 Å². The highest BCUT2D eigenvalue weighted by atomic mass is 32.2. The molecule has 1 aromatic carbocycles. The molecule has 0 unspecified atom stereocenters. The van der Waals surface area contributed by atoms with Gasteiger partial charge in [-0.05, 0) is 19.1 Å². The molecule has 1 atom stereocenters. The van der Waals surface area contributed by atoms with E-state index in [9.17, 15) is 22.9 Å². The standard InChI is InChI=1S/C12H17FN2O4S/c1-4-20(18,19)8-9(2)14(3)11-6-5-10(13)7-12(11)15(16)17/h5-7,9H,4,8H2,1-3H3/t9-/m1/s1. The summed E-state index contributed by atoms with van der Waals surface area (Å²) in [7, 11) is -1.65. The first-order chi connectivity index (χ1) is 9.18. The molecule has 8 heteroatoms. The monoisotopic (exact) mass is 304 g/mol. The fraction of sp³-hybridized carbons (Fsp3) is 0.500. The van der Waals surface area contributed by atoms with Gasteiger partial charge in [0.25, 0.3) is 5.69 Å². The van der Waals surface area contributed by atoms with E-state index in [1.807, 2.05) is 0 Å². The number of rotatable bonds is 6. The summed E-state index contributed by atoms with van der Waals surface area (Å²) >= 11 is 0. The fourth-order valence-corrected chi connectivity index (χ4v) is 2.97. The summed E-state index contributed by atoms with van der Waals surface area (Å²) in [6, 6.07) is 2.76. The van der Waals surface area contributed by atoms with E-state index in [0.29, 0.717) is 0 Å². The first-order valence-corrected chi connectivity index (χ1v) is 7.87. The molecule has 0 amide bonds. The molecule has 1 aromatic rings. The number of halogens is 1. The van der Waals surface area contributed by atoms with Gasteiger partial charge in [-0.15, -0.1) is 0 Å². The first kappa shape index (κ1) is 16.4. The maximum Gasteiger partial charge on any atom is 0.295 e. The second-order valence-electron chi connectivity index (χ2n) is 4.55. The Labute approximate surface area is 117 Å². The second-order valence-corrected chi connectivity index (χ2v) is 6.95. The molecule has 0 bridgehead atoms. The molecule has 0 aliphatic carbocycles. The Kier molecular flexibility index (Phi) is 5.04. The van der Waals surface area contributed by atoms with Crippen LogP contribution >= 0.6 is 0 Å². The first-order valence-electron chi connectivity index (χ1n) is 6.05.